The van der Waals surface area contributed by atoms with Gasteiger partial charge >= 0.3 is 6.18 Å². The van der Waals surface area contributed by atoms with E-state index in [0.29, 0.717) is 30.5 Å². The van der Waals surface area contributed by atoms with Crippen LogP contribution in [0.2, 0.25) is 0 Å². The Balaban J connectivity index is 2.07. The summed E-state index contributed by atoms with van der Waals surface area (Å²) in [5.41, 5.74) is 6.34. The maximum Gasteiger partial charge on any atom is 0.393 e. The van der Waals surface area contributed by atoms with Crippen LogP contribution in [0.3, 0.4) is 0 Å². The molecule has 2 atom stereocenters. The van der Waals surface area contributed by atoms with Crippen molar-refractivity contribution in [2.45, 2.75) is 37.9 Å². The highest BCUT2D eigenvalue weighted by Crippen LogP contribution is 2.37. The van der Waals surface area contributed by atoms with Crippen LogP contribution in [0, 0.1) is 5.92 Å². The van der Waals surface area contributed by atoms with Crippen molar-refractivity contribution >= 4 is 11.6 Å². The molecule has 6 heteroatoms. The van der Waals surface area contributed by atoms with Crippen LogP contribution < -0.4 is 11.1 Å². The molecule has 3 N–H and O–H groups in total. The van der Waals surface area contributed by atoms with E-state index < -0.39 is 24.0 Å². The summed E-state index contributed by atoms with van der Waals surface area (Å²) in [6.45, 7) is 0. The lowest BCUT2D eigenvalue weighted by atomic mass is 9.84. The Labute approximate surface area is 115 Å². The smallest absolute Gasteiger partial charge is 0.393 e. The van der Waals surface area contributed by atoms with Crippen molar-refractivity contribution in [2.75, 3.05) is 5.73 Å². The van der Waals surface area contributed by atoms with Gasteiger partial charge in [-0.1, -0.05) is 12.8 Å². The lowest BCUT2D eigenvalue weighted by Crippen LogP contribution is -2.47. The third-order valence-corrected chi connectivity index (χ3v) is 3.68. The highest BCUT2D eigenvalue weighted by Gasteiger charge is 2.45. The number of hydrogen-bond donors (Lipinski definition) is 2. The number of nitrogens with one attached hydrogen (secondary N) is 1. The summed E-state index contributed by atoms with van der Waals surface area (Å²) < 4.78 is 38.8. The van der Waals surface area contributed by atoms with Gasteiger partial charge in [-0.05, 0) is 37.1 Å². The minimum Gasteiger partial charge on any atom is -0.399 e. The molecule has 1 aromatic rings. The first kappa shape index (κ1) is 14.7. The fourth-order valence-electron chi connectivity index (χ4n) is 2.58. The van der Waals surface area contributed by atoms with E-state index in [1.807, 2.05) is 0 Å². The molecule has 0 radical (unpaired) electrons. The van der Waals surface area contributed by atoms with Gasteiger partial charge in [0.1, 0.15) is 0 Å². The maximum atomic E-state index is 12.9. The molecule has 1 amide bonds. The summed E-state index contributed by atoms with van der Waals surface area (Å²) in [5.74, 6) is -1.93. The minimum absolute atomic E-state index is 0.0795. The number of nitrogens with two attached hydrogens (primary N) is 1. The molecule has 0 heterocycles. The number of anilines is 1. The van der Waals surface area contributed by atoms with Crippen molar-refractivity contribution in [1.82, 2.24) is 5.32 Å². The molecule has 0 spiro atoms. The number of benzene rings is 1. The van der Waals surface area contributed by atoms with Crippen LogP contribution in [0.1, 0.15) is 36.0 Å². The van der Waals surface area contributed by atoms with Crippen LogP contribution in [0.25, 0.3) is 0 Å². The number of halogens is 3. The predicted molar refractivity (Wildman–Crippen MR) is 70.1 cm³/mol. The first-order valence-electron chi connectivity index (χ1n) is 6.61. The highest BCUT2D eigenvalue weighted by molar-refractivity contribution is 5.94. The number of rotatable bonds is 2. The zero-order valence-corrected chi connectivity index (χ0v) is 10.9. The average Bonchev–Trinajstić information content (AvgIpc) is 2.38. The van der Waals surface area contributed by atoms with Crippen LogP contribution in [-0.4, -0.2) is 18.1 Å². The first-order valence-corrected chi connectivity index (χ1v) is 6.61. The van der Waals surface area contributed by atoms with E-state index in [2.05, 4.69) is 5.32 Å². The third-order valence-electron chi connectivity index (χ3n) is 3.68. The SMILES string of the molecule is Nc1ccc(C(=O)NC2CCCCC2C(F)(F)F)cc1. The van der Waals surface area contributed by atoms with Crippen LogP contribution in [0.15, 0.2) is 24.3 Å². The zero-order chi connectivity index (χ0) is 14.8. The number of hydrogen-bond acceptors (Lipinski definition) is 2. The lowest BCUT2D eigenvalue weighted by Gasteiger charge is -2.33. The Morgan fingerprint density at radius 1 is 1.15 bits per heavy atom. The second kappa shape index (κ2) is 5.73. The van der Waals surface area contributed by atoms with Gasteiger partial charge < -0.3 is 11.1 Å². The maximum absolute atomic E-state index is 12.9. The van der Waals surface area contributed by atoms with E-state index in [-0.39, 0.29) is 6.42 Å². The van der Waals surface area contributed by atoms with E-state index in [1.54, 1.807) is 12.1 Å². The Hall–Kier alpha value is -1.72. The first-order chi connectivity index (χ1) is 9.38. The van der Waals surface area contributed by atoms with Crippen molar-refractivity contribution < 1.29 is 18.0 Å². The molecule has 0 aliphatic heterocycles. The summed E-state index contributed by atoms with van der Waals surface area (Å²) in [6, 6.07) is 5.29. The summed E-state index contributed by atoms with van der Waals surface area (Å²) in [6.07, 6.45) is -2.56. The molecular formula is C14H17F3N2O. The normalized spacial score (nSPS) is 23.4. The molecule has 0 saturated heterocycles. The number of alkyl halides is 3. The Morgan fingerprint density at radius 2 is 1.75 bits per heavy atom. The number of amides is 1. The molecule has 1 aromatic carbocycles. The van der Waals surface area contributed by atoms with Crippen LogP contribution >= 0.6 is 0 Å². The van der Waals surface area contributed by atoms with Crippen molar-refractivity contribution in [3.8, 4) is 0 Å². The van der Waals surface area contributed by atoms with Gasteiger partial charge in [-0.2, -0.15) is 13.2 Å². The zero-order valence-electron chi connectivity index (χ0n) is 10.9. The van der Waals surface area contributed by atoms with Gasteiger partial charge in [0, 0.05) is 17.3 Å². The molecule has 0 bridgehead atoms. The molecule has 3 nitrogen and oxygen atoms in total. The molecule has 1 aliphatic rings. The summed E-state index contributed by atoms with van der Waals surface area (Å²) in [7, 11) is 0. The second-order valence-electron chi connectivity index (χ2n) is 5.13. The van der Waals surface area contributed by atoms with Crippen molar-refractivity contribution in [2.24, 2.45) is 5.92 Å². The third kappa shape index (κ3) is 3.43. The van der Waals surface area contributed by atoms with Crippen LogP contribution in [0.5, 0.6) is 0 Å². The van der Waals surface area contributed by atoms with Crippen molar-refractivity contribution in [3.63, 3.8) is 0 Å². The fourth-order valence-corrected chi connectivity index (χ4v) is 2.58. The van der Waals surface area contributed by atoms with Crippen molar-refractivity contribution in [1.29, 1.82) is 0 Å². The monoisotopic (exact) mass is 286 g/mol. The number of carbonyl (C=O) groups is 1. The predicted octanol–water partition coefficient (Wildman–Crippen LogP) is 3.12. The van der Waals surface area contributed by atoms with E-state index in [0.717, 1.165) is 0 Å². The summed E-state index contributed by atoms with van der Waals surface area (Å²) in [4.78, 5) is 12.0. The molecule has 0 aromatic heterocycles. The van der Waals surface area contributed by atoms with Gasteiger partial charge in [0.25, 0.3) is 5.91 Å². The molecule has 1 saturated carbocycles. The number of nitrogen functional groups attached to an aromatic ring is 1. The summed E-state index contributed by atoms with van der Waals surface area (Å²) in [5, 5.41) is 2.51. The number of carbonyl (C=O) groups excluding carboxylic acids is 1. The van der Waals surface area contributed by atoms with Gasteiger partial charge in [0.15, 0.2) is 0 Å². The standard InChI is InChI=1S/C14H17F3N2O/c15-14(16,17)11-3-1-2-4-12(11)19-13(20)9-5-7-10(18)8-6-9/h5-8,11-12H,1-4,18H2,(H,19,20). The largest absolute Gasteiger partial charge is 0.399 e. The Kier molecular flexibility index (Phi) is 4.20. The topological polar surface area (TPSA) is 55.1 Å². The van der Waals surface area contributed by atoms with Gasteiger partial charge in [0.05, 0.1) is 5.92 Å². The molecule has 20 heavy (non-hydrogen) atoms. The van der Waals surface area contributed by atoms with E-state index in [9.17, 15) is 18.0 Å². The Bertz CT molecular complexity index is 470. The van der Waals surface area contributed by atoms with Gasteiger partial charge in [-0.25, -0.2) is 0 Å². The fraction of sp³-hybridized carbons (Fsp3) is 0.500. The van der Waals surface area contributed by atoms with E-state index in [4.69, 9.17) is 5.73 Å². The van der Waals surface area contributed by atoms with Crippen LogP contribution in [0.4, 0.5) is 18.9 Å². The quantitative estimate of drug-likeness (QED) is 0.821. The summed E-state index contributed by atoms with van der Waals surface area (Å²) >= 11 is 0. The second-order valence-corrected chi connectivity index (χ2v) is 5.13. The molecule has 2 rings (SSSR count). The van der Waals surface area contributed by atoms with E-state index in [1.165, 1.54) is 12.1 Å². The highest BCUT2D eigenvalue weighted by atomic mass is 19.4. The average molecular weight is 286 g/mol. The lowest BCUT2D eigenvalue weighted by molar-refractivity contribution is -0.187. The van der Waals surface area contributed by atoms with Crippen LogP contribution in [-0.2, 0) is 0 Å². The molecule has 2 unspecified atom stereocenters. The molecule has 1 aliphatic carbocycles. The van der Waals surface area contributed by atoms with Gasteiger partial charge in [-0.15, -0.1) is 0 Å². The Morgan fingerprint density at radius 3 is 2.35 bits per heavy atom. The molecule has 110 valence electrons. The minimum atomic E-state index is -4.26. The van der Waals surface area contributed by atoms with Crippen molar-refractivity contribution in [3.05, 3.63) is 29.8 Å². The van der Waals surface area contributed by atoms with E-state index >= 15 is 0 Å². The molecule has 1 fully saturated rings. The van der Waals surface area contributed by atoms with Gasteiger partial charge in [0.2, 0.25) is 0 Å². The van der Waals surface area contributed by atoms with Gasteiger partial charge in [-0.3, -0.25) is 4.79 Å². The molecular weight excluding hydrogens is 269 g/mol.